The van der Waals surface area contributed by atoms with Gasteiger partial charge in [-0.05, 0) is 64.8 Å². The lowest BCUT2D eigenvalue weighted by Crippen LogP contribution is -2.28. The molecule has 3 heteroatoms. The molecule has 0 aliphatic heterocycles. The van der Waals surface area contributed by atoms with Crippen LogP contribution in [-0.2, 0) is 0 Å². The fraction of sp³-hybridized carbons (Fsp3) is 1.00. The normalized spacial score (nSPS) is 11.5. The van der Waals surface area contributed by atoms with E-state index in [1.54, 1.807) is 0 Å². The van der Waals surface area contributed by atoms with Crippen LogP contribution in [0.4, 0.5) is 0 Å². The Balaban J connectivity index is 3.43. The summed E-state index contributed by atoms with van der Waals surface area (Å²) in [5.41, 5.74) is 11.2. The second-order valence-corrected chi connectivity index (χ2v) is 7.72. The van der Waals surface area contributed by atoms with Gasteiger partial charge in [-0.15, -0.1) is 0 Å². The first-order chi connectivity index (χ1) is 12.3. The van der Waals surface area contributed by atoms with Crippen molar-refractivity contribution in [2.24, 2.45) is 11.5 Å². The van der Waals surface area contributed by atoms with Crippen LogP contribution in [-0.4, -0.2) is 37.6 Å². The van der Waals surface area contributed by atoms with Crippen molar-refractivity contribution in [1.82, 2.24) is 4.90 Å². The molecule has 25 heavy (non-hydrogen) atoms. The SMILES string of the molecule is CCCCCCCCCCCCCCN(CCCCN)CCCCN. The monoisotopic (exact) mass is 355 g/mol. The summed E-state index contributed by atoms with van der Waals surface area (Å²) in [6.07, 6.45) is 22.0. The van der Waals surface area contributed by atoms with Gasteiger partial charge < -0.3 is 16.4 Å². The number of unbranched alkanes of at least 4 members (excludes halogenated alkanes) is 13. The van der Waals surface area contributed by atoms with Crippen LogP contribution in [0.2, 0.25) is 0 Å². The van der Waals surface area contributed by atoms with E-state index in [9.17, 15) is 0 Å². The maximum Gasteiger partial charge on any atom is -0.00183 e. The molecule has 0 saturated carbocycles. The maximum atomic E-state index is 5.62. The number of nitrogens with two attached hydrogens (primary N) is 2. The van der Waals surface area contributed by atoms with Crippen LogP contribution in [0.25, 0.3) is 0 Å². The van der Waals surface area contributed by atoms with Crippen molar-refractivity contribution >= 4 is 0 Å². The zero-order chi connectivity index (χ0) is 18.4. The summed E-state index contributed by atoms with van der Waals surface area (Å²) in [5.74, 6) is 0. The van der Waals surface area contributed by atoms with Crippen LogP contribution in [0, 0.1) is 0 Å². The standard InChI is InChI=1S/C22H49N3/c1-2-3-4-5-6-7-8-9-10-11-12-15-20-25(21-16-13-18-23)22-17-14-19-24/h2-24H2,1H3. The van der Waals surface area contributed by atoms with Gasteiger partial charge in [0.25, 0.3) is 0 Å². The molecule has 0 saturated heterocycles. The Morgan fingerprint density at radius 1 is 0.440 bits per heavy atom. The smallest absolute Gasteiger partial charge is 0.00183 e. The number of nitrogens with zero attached hydrogens (tertiary/aromatic N) is 1. The van der Waals surface area contributed by atoms with E-state index in [4.69, 9.17) is 11.5 Å². The summed E-state index contributed by atoms with van der Waals surface area (Å²) in [4.78, 5) is 2.64. The van der Waals surface area contributed by atoms with E-state index >= 15 is 0 Å². The highest BCUT2D eigenvalue weighted by Crippen LogP contribution is 2.12. The van der Waals surface area contributed by atoms with E-state index in [2.05, 4.69) is 11.8 Å². The Bertz CT molecular complexity index is 223. The van der Waals surface area contributed by atoms with Gasteiger partial charge in [0.05, 0.1) is 0 Å². The molecule has 0 amide bonds. The lowest BCUT2D eigenvalue weighted by Gasteiger charge is -2.22. The molecule has 4 N–H and O–H groups in total. The van der Waals surface area contributed by atoms with E-state index < -0.39 is 0 Å². The minimum Gasteiger partial charge on any atom is -0.330 e. The van der Waals surface area contributed by atoms with Crippen molar-refractivity contribution in [1.29, 1.82) is 0 Å². The first-order valence-electron chi connectivity index (χ1n) is 11.5. The van der Waals surface area contributed by atoms with Gasteiger partial charge in [0, 0.05) is 0 Å². The molecule has 0 aromatic carbocycles. The molecule has 0 aliphatic carbocycles. The van der Waals surface area contributed by atoms with Crippen LogP contribution in [0.1, 0.15) is 110 Å². The third-order valence-corrected chi connectivity index (χ3v) is 5.18. The molecule has 0 fully saturated rings. The van der Waals surface area contributed by atoms with Gasteiger partial charge in [0.1, 0.15) is 0 Å². The molecule has 0 spiro atoms. The van der Waals surface area contributed by atoms with Crippen LogP contribution in [0.5, 0.6) is 0 Å². The maximum absolute atomic E-state index is 5.62. The van der Waals surface area contributed by atoms with Crippen LogP contribution in [0.3, 0.4) is 0 Å². The molecule has 0 radical (unpaired) electrons. The van der Waals surface area contributed by atoms with Gasteiger partial charge in [-0.2, -0.15) is 0 Å². The molecule has 3 nitrogen and oxygen atoms in total. The first-order valence-corrected chi connectivity index (χ1v) is 11.5. The third kappa shape index (κ3) is 20.0. The molecule has 0 atom stereocenters. The minimum absolute atomic E-state index is 0.829. The topological polar surface area (TPSA) is 55.3 Å². The molecule has 0 aromatic rings. The summed E-state index contributed by atoms with van der Waals surface area (Å²) >= 11 is 0. The Kier molecular flexibility index (Phi) is 21.8. The zero-order valence-corrected chi connectivity index (χ0v) is 17.5. The highest BCUT2D eigenvalue weighted by atomic mass is 15.1. The average Bonchev–Trinajstić information content (AvgIpc) is 2.62. The van der Waals surface area contributed by atoms with Crippen molar-refractivity contribution < 1.29 is 0 Å². The molecule has 0 rings (SSSR count). The van der Waals surface area contributed by atoms with Gasteiger partial charge in [0.2, 0.25) is 0 Å². The lowest BCUT2D eigenvalue weighted by molar-refractivity contribution is 0.257. The van der Waals surface area contributed by atoms with Gasteiger partial charge in [0.15, 0.2) is 0 Å². The highest BCUT2D eigenvalue weighted by molar-refractivity contribution is 4.60. The summed E-state index contributed by atoms with van der Waals surface area (Å²) in [5, 5.41) is 0. The molecule has 152 valence electrons. The van der Waals surface area contributed by atoms with Crippen LogP contribution in [0.15, 0.2) is 0 Å². The van der Waals surface area contributed by atoms with E-state index in [0.29, 0.717) is 0 Å². The van der Waals surface area contributed by atoms with Gasteiger partial charge in [-0.3, -0.25) is 0 Å². The number of hydrogen-bond donors (Lipinski definition) is 2. The number of hydrogen-bond acceptors (Lipinski definition) is 3. The Labute approximate surface area is 159 Å². The fourth-order valence-electron chi connectivity index (χ4n) is 3.47. The van der Waals surface area contributed by atoms with Gasteiger partial charge in [-0.1, -0.05) is 77.6 Å². The van der Waals surface area contributed by atoms with Crippen molar-refractivity contribution in [3.05, 3.63) is 0 Å². The fourth-order valence-corrected chi connectivity index (χ4v) is 3.47. The lowest BCUT2D eigenvalue weighted by atomic mass is 10.1. The van der Waals surface area contributed by atoms with Crippen molar-refractivity contribution in [2.45, 2.75) is 110 Å². The molecule has 0 heterocycles. The van der Waals surface area contributed by atoms with Gasteiger partial charge >= 0.3 is 0 Å². The second kappa shape index (κ2) is 21.9. The van der Waals surface area contributed by atoms with E-state index in [1.165, 1.54) is 110 Å². The van der Waals surface area contributed by atoms with E-state index in [0.717, 1.165) is 25.9 Å². The number of rotatable bonds is 21. The summed E-state index contributed by atoms with van der Waals surface area (Å²) in [6, 6.07) is 0. The van der Waals surface area contributed by atoms with Crippen molar-refractivity contribution in [3.63, 3.8) is 0 Å². The first kappa shape index (κ1) is 24.9. The molecule has 0 aromatic heterocycles. The zero-order valence-electron chi connectivity index (χ0n) is 17.5. The van der Waals surface area contributed by atoms with Crippen LogP contribution < -0.4 is 11.5 Å². The highest BCUT2D eigenvalue weighted by Gasteiger charge is 2.04. The molecule has 0 aliphatic rings. The van der Waals surface area contributed by atoms with Crippen molar-refractivity contribution in [2.75, 3.05) is 32.7 Å². The predicted octanol–water partition coefficient (Wildman–Crippen LogP) is 5.47. The third-order valence-electron chi connectivity index (χ3n) is 5.18. The summed E-state index contributed by atoms with van der Waals surface area (Å²) in [7, 11) is 0. The summed E-state index contributed by atoms with van der Waals surface area (Å²) in [6.45, 7) is 7.66. The largest absolute Gasteiger partial charge is 0.330 e. The van der Waals surface area contributed by atoms with E-state index in [-0.39, 0.29) is 0 Å². The minimum atomic E-state index is 0.829. The Hall–Kier alpha value is -0.120. The van der Waals surface area contributed by atoms with Crippen LogP contribution >= 0.6 is 0 Å². The molecule has 0 unspecified atom stereocenters. The second-order valence-electron chi connectivity index (χ2n) is 7.72. The van der Waals surface area contributed by atoms with Gasteiger partial charge in [-0.25, -0.2) is 0 Å². The average molecular weight is 356 g/mol. The molecular formula is C22H49N3. The summed E-state index contributed by atoms with van der Waals surface area (Å²) < 4.78 is 0. The Morgan fingerprint density at radius 2 is 0.760 bits per heavy atom. The Morgan fingerprint density at radius 3 is 1.12 bits per heavy atom. The molecule has 0 bridgehead atoms. The van der Waals surface area contributed by atoms with Crippen molar-refractivity contribution in [3.8, 4) is 0 Å². The predicted molar refractivity (Wildman–Crippen MR) is 114 cm³/mol. The molecular weight excluding hydrogens is 306 g/mol. The quantitative estimate of drug-likeness (QED) is 0.268. The van der Waals surface area contributed by atoms with E-state index in [1.807, 2.05) is 0 Å².